The van der Waals surface area contributed by atoms with Crippen LogP contribution >= 0.6 is 0 Å². The van der Waals surface area contributed by atoms with Crippen LogP contribution in [-0.4, -0.2) is 36.9 Å². The van der Waals surface area contributed by atoms with E-state index in [4.69, 9.17) is 5.11 Å². The number of benzene rings is 1. The van der Waals surface area contributed by atoms with E-state index in [1.165, 1.54) is 0 Å². The molecule has 0 radical (unpaired) electrons. The van der Waals surface area contributed by atoms with Crippen molar-refractivity contribution in [2.45, 2.75) is 32.6 Å². The molecule has 2 N–H and O–H groups in total. The maximum absolute atomic E-state index is 11.7. The first-order valence-corrected chi connectivity index (χ1v) is 8.75. The first-order valence-electron chi connectivity index (χ1n) is 6.92. The van der Waals surface area contributed by atoms with Gasteiger partial charge in [0.2, 0.25) is 5.91 Å². The number of sulfone groups is 1. The Labute approximate surface area is 130 Å². The molecule has 0 aliphatic carbocycles. The lowest BCUT2D eigenvalue weighted by molar-refractivity contribution is -0.142. The lowest BCUT2D eigenvalue weighted by Crippen LogP contribution is -2.28. The third-order valence-electron chi connectivity index (χ3n) is 3.29. The standard InChI is InChI=1S/C15H21NO5S/c1-4-9-22(20,21)10-13(17)16-12-7-5-11(6-8-12)15(2,3)14(18)19/h5-8H,4,9-10H2,1-3H3,(H,16,17)(H,18,19). The number of hydrogen-bond acceptors (Lipinski definition) is 4. The van der Waals surface area contributed by atoms with Gasteiger partial charge in [-0.05, 0) is 38.0 Å². The Kier molecular flexibility index (Phi) is 5.71. The number of carbonyl (C=O) groups is 2. The van der Waals surface area contributed by atoms with E-state index < -0.39 is 32.9 Å². The highest BCUT2D eigenvalue weighted by molar-refractivity contribution is 7.92. The van der Waals surface area contributed by atoms with Crippen LogP contribution in [0, 0.1) is 0 Å². The Morgan fingerprint density at radius 2 is 1.73 bits per heavy atom. The van der Waals surface area contributed by atoms with Gasteiger partial charge in [0.1, 0.15) is 5.75 Å². The molecule has 0 saturated carbocycles. The molecule has 1 aromatic rings. The molecular formula is C15H21NO5S. The van der Waals surface area contributed by atoms with Gasteiger partial charge in [0, 0.05) is 5.69 Å². The predicted molar refractivity (Wildman–Crippen MR) is 84.7 cm³/mol. The van der Waals surface area contributed by atoms with Gasteiger partial charge >= 0.3 is 5.97 Å². The fourth-order valence-corrected chi connectivity index (χ4v) is 3.11. The Hall–Kier alpha value is -1.89. The minimum Gasteiger partial charge on any atom is -0.481 e. The molecule has 7 heteroatoms. The van der Waals surface area contributed by atoms with Crippen LogP contribution in [0.5, 0.6) is 0 Å². The third kappa shape index (κ3) is 4.84. The molecule has 0 fully saturated rings. The van der Waals surface area contributed by atoms with Crippen LogP contribution in [0.3, 0.4) is 0 Å². The summed E-state index contributed by atoms with van der Waals surface area (Å²) < 4.78 is 23.1. The summed E-state index contributed by atoms with van der Waals surface area (Å²) in [5, 5.41) is 11.6. The number of aliphatic carboxylic acids is 1. The third-order valence-corrected chi connectivity index (χ3v) is 5.02. The molecule has 22 heavy (non-hydrogen) atoms. The second-order valence-corrected chi connectivity index (χ2v) is 7.83. The molecule has 0 spiro atoms. The van der Waals surface area contributed by atoms with Gasteiger partial charge in [-0.1, -0.05) is 19.1 Å². The van der Waals surface area contributed by atoms with E-state index in [1.807, 2.05) is 0 Å². The number of carbonyl (C=O) groups excluding carboxylic acids is 1. The van der Waals surface area contributed by atoms with Gasteiger partial charge < -0.3 is 10.4 Å². The van der Waals surface area contributed by atoms with Crippen LogP contribution in [0.2, 0.25) is 0 Å². The summed E-state index contributed by atoms with van der Waals surface area (Å²) in [6.07, 6.45) is 0.467. The molecule has 1 rings (SSSR count). The Bertz CT molecular complexity index is 647. The number of nitrogens with one attached hydrogen (secondary N) is 1. The van der Waals surface area contributed by atoms with Gasteiger partial charge in [0.15, 0.2) is 9.84 Å². The van der Waals surface area contributed by atoms with Crippen molar-refractivity contribution >= 4 is 27.4 Å². The van der Waals surface area contributed by atoms with E-state index in [9.17, 15) is 18.0 Å². The summed E-state index contributed by atoms with van der Waals surface area (Å²) in [7, 11) is -3.38. The molecule has 0 aliphatic rings. The van der Waals surface area contributed by atoms with Gasteiger partial charge in [-0.25, -0.2) is 8.42 Å². The van der Waals surface area contributed by atoms with Crippen molar-refractivity contribution < 1.29 is 23.1 Å². The summed E-state index contributed by atoms with van der Waals surface area (Å²) >= 11 is 0. The Morgan fingerprint density at radius 1 is 1.18 bits per heavy atom. The fraction of sp³-hybridized carbons (Fsp3) is 0.467. The maximum atomic E-state index is 11.7. The van der Waals surface area contributed by atoms with Gasteiger partial charge in [-0.2, -0.15) is 0 Å². The summed E-state index contributed by atoms with van der Waals surface area (Å²) in [5.41, 5.74) is -0.00857. The number of hydrogen-bond donors (Lipinski definition) is 2. The van der Waals surface area contributed by atoms with Crippen molar-refractivity contribution in [3.8, 4) is 0 Å². The van der Waals surface area contributed by atoms with E-state index in [0.717, 1.165) is 0 Å². The molecule has 0 unspecified atom stereocenters. The summed E-state index contributed by atoms with van der Waals surface area (Å²) in [5.74, 6) is -2.12. The quantitative estimate of drug-likeness (QED) is 0.795. The molecule has 0 saturated heterocycles. The summed E-state index contributed by atoms with van der Waals surface area (Å²) in [6, 6.07) is 6.32. The van der Waals surface area contributed by atoms with Crippen molar-refractivity contribution in [1.82, 2.24) is 0 Å². The lowest BCUT2D eigenvalue weighted by Gasteiger charge is -2.19. The number of amides is 1. The van der Waals surface area contributed by atoms with Crippen LogP contribution in [0.15, 0.2) is 24.3 Å². The zero-order valence-electron chi connectivity index (χ0n) is 12.9. The number of anilines is 1. The van der Waals surface area contributed by atoms with Crippen molar-refractivity contribution in [3.05, 3.63) is 29.8 Å². The number of rotatable bonds is 7. The highest BCUT2D eigenvalue weighted by Crippen LogP contribution is 2.24. The van der Waals surface area contributed by atoms with Crippen molar-refractivity contribution in [2.24, 2.45) is 0 Å². The van der Waals surface area contributed by atoms with Gasteiger partial charge in [-0.15, -0.1) is 0 Å². The normalized spacial score (nSPS) is 12.0. The second kappa shape index (κ2) is 6.91. The molecule has 0 aromatic heterocycles. The van der Waals surface area contributed by atoms with E-state index in [-0.39, 0.29) is 5.75 Å². The van der Waals surface area contributed by atoms with Crippen molar-refractivity contribution in [1.29, 1.82) is 0 Å². The largest absolute Gasteiger partial charge is 0.481 e. The smallest absolute Gasteiger partial charge is 0.313 e. The lowest BCUT2D eigenvalue weighted by atomic mass is 9.85. The molecule has 0 bridgehead atoms. The van der Waals surface area contributed by atoms with E-state index in [1.54, 1.807) is 45.0 Å². The topological polar surface area (TPSA) is 101 Å². The van der Waals surface area contributed by atoms with Crippen LogP contribution < -0.4 is 5.32 Å². The number of carboxylic acids is 1. The predicted octanol–water partition coefficient (Wildman–Crippen LogP) is 1.81. The fourth-order valence-electron chi connectivity index (χ4n) is 1.87. The van der Waals surface area contributed by atoms with Gasteiger partial charge in [0.25, 0.3) is 0 Å². The first-order chi connectivity index (χ1) is 10.1. The monoisotopic (exact) mass is 327 g/mol. The van der Waals surface area contributed by atoms with Crippen LogP contribution in [0.4, 0.5) is 5.69 Å². The van der Waals surface area contributed by atoms with E-state index >= 15 is 0 Å². The molecule has 1 amide bonds. The van der Waals surface area contributed by atoms with Crippen LogP contribution in [0.1, 0.15) is 32.8 Å². The summed E-state index contributed by atoms with van der Waals surface area (Å²) in [6.45, 7) is 4.90. The molecule has 122 valence electrons. The van der Waals surface area contributed by atoms with Crippen molar-refractivity contribution in [2.75, 3.05) is 16.8 Å². The Morgan fingerprint density at radius 3 is 2.18 bits per heavy atom. The molecule has 6 nitrogen and oxygen atoms in total. The molecule has 1 aromatic carbocycles. The van der Waals surface area contributed by atoms with Crippen LogP contribution in [-0.2, 0) is 24.8 Å². The zero-order chi connectivity index (χ0) is 17.0. The maximum Gasteiger partial charge on any atom is 0.313 e. The zero-order valence-corrected chi connectivity index (χ0v) is 13.7. The number of carboxylic acid groups (broad SMARTS) is 1. The molecule has 0 atom stereocenters. The van der Waals surface area contributed by atoms with Crippen molar-refractivity contribution in [3.63, 3.8) is 0 Å². The van der Waals surface area contributed by atoms with E-state index in [0.29, 0.717) is 17.7 Å². The second-order valence-electron chi connectivity index (χ2n) is 5.65. The Balaban J connectivity index is 2.77. The van der Waals surface area contributed by atoms with E-state index in [2.05, 4.69) is 5.32 Å². The first kappa shape index (κ1) is 18.2. The average molecular weight is 327 g/mol. The van der Waals surface area contributed by atoms with Gasteiger partial charge in [-0.3, -0.25) is 9.59 Å². The minimum atomic E-state index is -3.38. The SMILES string of the molecule is CCCS(=O)(=O)CC(=O)Nc1ccc(C(C)(C)C(=O)O)cc1. The van der Waals surface area contributed by atoms with Crippen LogP contribution in [0.25, 0.3) is 0 Å². The average Bonchev–Trinajstić information content (AvgIpc) is 2.38. The molecule has 0 heterocycles. The summed E-state index contributed by atoms with van der Waals surface area (Å²) in [4.78, 5) is 22.9. The highest BCUT2D eigenvalue weighted by Gasteiger charge is 2.29. The minimum absolute atomic E-state index is 0.0217. The molecular weight excluding hydrogens is 306 g/mol. The molecule has 0 aliphatic heterocycles. The van der Waals surface area contributed by atoms with Gasteiger partial charge in [0.05, 0.1) is 11.2 Å². The highest BCUT2D eigenvalue weighted by atomic mass is 32.2.